The Labute approximate surface area is 143 Å². The molecule has 0 radical (unpaired) electrons. The Balaban J connectivity index is 1.96. The number of carbonyl (C=O) groups excluding carboxylic acids is 2. The van der Waals surface area contributed by atoms with Crippen molar-refractivity contribution in [2.45, 2.75) is 45.3 Å². The topological polar surface area (TPSA) is 84.7 Å². The monoisotopic (exact) mass is 333 g/mol. The summed E-state index contributed by atoms with van der Waals surface area (Å²) in [5.41, 5.74) is 7.36. The third-order valence-electron chi connectivity index (χ3n) is 4.20. The number of nitrogens with one attached hydrogen (secondary N) is 1. The fourth-order valence-corrected chi connectivity index (χ4v) is 2.88. The first kappa shape index (κ1) is 18.4. The number of carbonyl (C=O) groups is 2. The highest BCUT2D eigenvalue weighted by molar-refractivity contribution is 5.95. The minimum absolute atomic E-state index is 0.0359. The van der Waals surface area contributed by atoms with E-state index in [1.165, 1.54) is 0 Å². The van der Waals surface area contributed by atoms with Crippen LogP contribution in [-0.4, -0.2) is 48.6 Å². The largest absolute Gasteiger partial charge is 0.364 e. The van der Waals surface area contributed by atoms with Crippen molar-refractivity contribution < 1.29 is 14.3 Å². The van der Waals surface area contributed by atoms with Crippen LogP contribution in [-0.2, 0) is 14.3 Å². The van der Waals surface area contributed by atoms with Crippen molar-refractivity contribution in [3.05, 3.63) is 29.8 Å². The fourth-order valence-electron chi connectivity index (χ4n) is 2.88. The second kappa shape index (κ2) is 8.80. The zero-order chi connectivity index (χ0) is 17.5. The Kier molecular flexibility index (Phi) is 6.75. The van der Waals surface area contributed by atoms with Gasteiger partial charge in [-0.1, -0.05) is 25.1 Å². The second-order valence-corrected chi connectivity index (χ2v) is 6.18. The van der Waals surface area contributed by atoms with Crippen molar-refractivity contribution in [3.8, 4) is 0 Å². The Bertz CT molecular complexity index is 576. The average Bonchev–Trinajstić information content (AvgIpc) is 3.05. The van der Waals surface area contributed by atoms with E-state index in [4.69, 9.17) is 10.5 Å². The molecular weight excluding hydrogens is 306 g/mol. The fraction of sp³-hybridized carbons (Fsp3) is 0.556. The minimum atomic E-state index is -0.476. The van der Waals surface area contributed by atoms with E-state index in [9.17, 15) is 9.59 Å². The van der Waals surface area contributed by atoms with Crippen LogP contribution in [0.25, 0.3) is 0 Å². The molecule has 6 heteroatoms. The summed E-state index contributed by atoms with van der Waals surface area (Å²) in [6.07, 6.45) is 1.72. The molecule has 24 heavy (non-hydrogen) atoms. The van der Waals surface area contributed by atoms with Crippen LogP contribution in [0.4, 0.5) is 5.69 Å². The molecule has 2 amide bonds. The summed E-state index contributed by atoms with van der Waals surface area (Å²) in [5, 5.41) is 2.87. The number of nitrogens with two attached hydrogens (primary N) is 1. The SMILES string of the molecule is CCCN(CC(=O)Nc1ccccc1C)C(=O)[C@@H]1CC[C@H](CN)O1. The number of para-hydroxylation sites is 1. The third-order valence-corrected chi connectivity index (χ3v) is 4.20. The predicted octanol–water partition coefficient (Wildman–Crippen LogP) is 1.68. The van der Waals surface area contributed by atoms with E-state index in [2.05, 4.69) is 5.32 Å². The maximum atomic E-state index is 12.6. The van der Waals surface area contributed by atoms with Crippen LogP contribution in [0.1, 0.15) is 31.7 Å². The van der Waals surface area contributed by atoms with Gasteiger partial charge in [-0.3, -0.25) is 9.59 Å². The summed E-state index contributed by atoms with van der Waals surface area (Å²) in [5.74, 6) is -0.313. The summed E-state index contributed by atoms with van der Waals surface area (Å²) in [4.78, 5) is 26.5. The van der Waals surface area contributed by atoms with Gasteiger partial charge in [0.15, 0.2) is 0 Å². The van der Waals surface area contributed by atoms with E-state index in [1.807, 2.05) is 38.1 Å². The molecule has 1 aliphatic rings. The van der Waals surface area contributed by atoms with Gasteiger partial charge >= 0.3 is 0 Å². The van der Waals surface area contributed by atoms with E-state index in [-0.39, 0.29) is 24.5 Å². The lowest BCUT2D eigenvalue weighted by Crippen LogP contribution is -2.44. The Morgan fingerprint density at radius 1 is 1.33 bits per heavy atom. The summed E-state index contributed by atoms with van der Waals surface area (Å²) in [7, 11) is 0. The van der Waals surface area contributed by atoms with Gasteiger partial charge in [-0.2, -0.15) is 0 Å². The maximum absolute atomic E-state index is 12.6. The van der Waals surface area contributed by atoms with Gasteiger partial charge in [-0.05, 0) is 37.8 Å². The van der Waals surface area contributed by atoms with Gasteiger partial charge in [0.25, 0.3) is 5.91 Å². The van der Waals surface area contributed by atoms with Crippen LogP contribution >= 0.6 is 0 Å². The van der Waals surface area contributed by atoms with Crippen molar-refractivity contribution in [3.63, 3.8) is 0 Å². The van der Waals surface area contributed by atoms with Crippen molar-refractivity contribution in [1.29, 1.82) is 0 Å². The molecule has 1 aromatic rings. The van der Waals surface area contributed by atoms with Crippen molar-refractivity contribution in [2.75, 3.05) is 25.0 Å². The van der Waals surface area contributed by atoms with E-state index < -0.39 is 6.10 Å². The molecule has 1 fully saturated rings. The highest BCUT2D eigenvalue weighted by Gasteiger charge is 2.33. The van der Waals surface area contributed by atoms with Crippen LogP contribution in [0.3, 0.4) is 0 Å². The van der Waals surface area contributed by atoms with Gasteiger partial charge in [0.2, 0.25) is 5.91 Å². The maximum Gasteiger partial charge on any atom is 0.252 e. The molecule has 6 nitrogen and oxygen atoms in total. The number of anilines is 1. The normalized spacial score (nSPS) is 20.0. The predicted molar refractivity (Wildman–Crippen MR) is 93.6 cm³/mol. The number of benzene rings is 1. The molecule has 0 aromatic heterocycles. The molecule has 3 N–H and O–H groups in total. The minimum Gasteiger partial charge on any atom is -0.364 e. The first-order chi connectivity index (χ1) is 11.5. The van der Waals surface area contributed by atoms with Crippen LogP contribution in [0, 0.1) is 6.92 Å². The molecule has 0 aliphatic carbocycles. The van der Waals surface area contributed by atoms with Gasteiger partial charge in [0.05, 0.1) is 12.6 Å². The number of hydrogen-bond acceptors (Lipinski definition) is 4. The van der Waals surface area contributed by atoms with Gasteiger partial charge in [-0.25, -0.2) is 0 Å². The Hall–Kier alpha value is -1.92. The van der Waals surface area contributed by atoms with Gasteiger partial charge < -0.3 is 20.7 Å². The number of hydrogen-bond donors (Lipinski definition) is 2. The number of nitrogens with zero attached hydrogens (tertiary/aromatic N) is 1. The Morgan fingerprint density at radius 2 is 2.08 bits per heavy atom. The van der Waals surface area contributed by atoms with E-state index in [1.54, 1.807) is 4.90 Å². The molecule has 2 rings (SSSR count). The lowest BCUT2D eigenvalue weighted by Gasteiger charge is -2.25. The number of aryl methyl sites for hydroxylation is 1. The summed E-state index contributed by atoms with van der Waals surface area (Å²) in [6, 6.07) is 7.58. The van der Waals surface area contributed by atoms with Gasteiger partial charge in [0, 0.05) is 18.8 Å². The highest BCUT2D eigenvalue weighted by atomic mass is 16.5. The summed E-state index contributed by atoms with van der Waals surface area (Å²) >= 11 is 0. The molecule has 132 valence electrons. The lowest BCUT2D eigenvalue weighted by molar-refractivity contribution is -0.144. The molecule has 1 heterocycles. The summed E-state index contributed by atoms with van der Waals surface area (Å²) < 4.78 is 5.67. The van der Waals surface area contributed by atoms with Crippen LogP contribution in [0.5, 0.6) is 0 Å². The molecule has 2 atom stereocenters. The van der Waals surface area contributed by atoms with Crippen LogP contribution in [0.2, 0.25) is 0 Å². The summed E-state index contributed by atoms with van der Waals surface area (Å²) in [6.45, 7) is 4.91. The van der Waals surface area contributed by atoms with Gasteiger partial charge in [-0.15, -0.1) is 0 Å². The van der Waals surface area contributed by atoms with E-state index >= 15 is 0 Å². The average molecular weight is 333 g/mol. The molecule has 1 aliphatic heterocycles. The molecular formula is C18H27N3O3. The number of rotatable bonds is 7. The highest BCUT2D eigenvalue weighted by Crippen LogP contribution is 2.21. The van der Waals surface area contributed by atoms with Crippen LogP contribution in [0.15, 0.2) is 24.3 Å². The quantitative estimate of drug-likeness (QED) is 0.795. The standard InChI is InChI=1S/C18H27N3O3/c1-3-10-21(18(23)16-9-8-14(11-19)24-16)12-17(22)20-15-7-5-4-6-13(15)2/h4-7,14,16H,3,8-12,19H2,1-2H3,(H,20,22)/t14-,16+/m1/s1. The molecule has 0 unspecified atom stereocenters. The van der Waals surface area contributed by atoms with Crippen molar-refractivity contribution in [1.82, 2.24) is 4.90 Å². The third kappa shape index (κ3) is 4.79. The van der Waals surface area contributed by atoms with E-state index in [0.29, 0.717) is 19.5 Å². The van der Waals surface area contributed by atoms with Crippen molar-refractivity contribution >= 4 is 17.5 Å². The zero-order valence-electron chi connectivity index (χ0n) is 14.5. The Morgan fingerprint density at radius 3 is 2.71 bits per heavy atom. The first-order valence-electron chi connectivity index (χ1n) is 8.55. The molecule has 0 bridgehead atoms. The lowest BCUT2D eigenvalue weighted by atomic mass is 10.1. The molecule has 1 saturated heterocycles. The first-order valence-corrected chi connectivity index (χ1v) is 8.55. The number of amides is 2. The van der Waals surface area contributed by atoms with Crippen molar-refractivity contribution in [2.24, 2.45) is 5.73 Å². The van der Waals surface area contributed by atoms with Crippen LogP contribution < -0.4 is 11.1 Å². The molecule has 0 saturated carbocycles. The van der Waals surface area contributed by atoms with Gasteiger partial charge in [0.1, 0.15) is 6.10 Å². The molecule has 1 aromatic carbocycles. The zero-order valence-corrected chi connectivity index (χ0v) is 14.5. The second-order valence-electron chi connectivity index (χ2n) is 6.18. The number of ether oxygens (including phenoxy) is 1. The molecule has 0 spiro atoms. The van der Waals surface area contributed by atoms with E-state index in [0.717, 1.165) is 24.1 Å². The smallest absolute Gasteiger partial charge is 0.252 e.